The number of carbonyl (C=O) groups is 4. The van der Waals surface area contributed by atoms with Crippen LogP contribution in [0.2, 0.25) is 0 Å². The van der Waals surface area contributed by atoms with Crippen LogP contribution in [0, 0.1) is 17.8 Å². The van der Waals surface area contributed by atoms with Crippen molar-refractivity contribution in [2.24, 2.45) is 17.8 Å². The molecule has 0 radical (unpaired) electrons. The average molecular weight is 981 g/mol. The molecule has 4 aromatic rings. The van der Waals surface area contributed by atoms with E-state index in [4.69, 9.17) is 33.2 Å². The number of hydrogen-bond donors (Lipinski definition) is 1. The number of unbranched alkanes of at least 4 members (excludes halogenated alkanes) is 4. The van der Waals surface area contributed by atoms with Crippen LogP contribution in [0.5, 0.6) is 11.5 Å². The lowest BCUT2D eigenvalue weighted by Gasteiger charge is -2.43. The highest BCUT2D eigenvalue weighted by atomic mass is 16.7. The number of methoxy groups -OCH3 is 2. The van der Waals surface area contributed by atoms with E-state index in [1.54, 1.807) is 31.3 Å². The third kappa shape index (κ3) is 16.9. The van der Waals surface area contributed by atoms with Crippen LogP contribution < -0.4 is 9.47 Å². The lowest BCUT2D eigenvalue weighted by atomic mass is 9.79. The summed E-state index contributed by atoms with van der Waals surface area (Å²) >= 11 is 0. The Morgan fingerprint density at radius 1 is 0.662 bits per heavy atom. The normalized spacial score (nSPS) is 18.3. The summed E-state index contributed by atoms with van der Waals surface area (Å²) in [6.07, 6.45) is 3.54. The van der Waals surface area contributed by atoms with Crippen molar-refractivity contribution < 1.29 is 57.4 Å². The number of carboxylic acid groups (broad SMARTS) is 1. The van der Waals surface area contributed by atoms with E-state index in [9.17, 15) is 24.3 Å². The van der Waals surface area contributed by atoms with Gasteiger partial charge in [0, 0.05) is 39.1 Å². The number of likely N-dealkylation sites (N-methyl/N-ethyl adjacent to an activating group) is 1. The minimum absolute atomic E-state index is 0.00642. The maximum atomic E-state index is 13.1. The molecule has 71 heavy (non-hydrogen) atoms. The fourth-order valence-corrected chi connectivity index (χ4v) is 8.97. The largest absolute Gasteiger partial charge is 0.497 e. The molecule has 1 amide bonds. The van der Waals surface area contributed by atoms with Gasteiger partial charge in [-0.3, -0.25) is 14.4 Å². The van der Waals surface area contributed by atoms with E-state index in [0.29, 0.717) is 55.5 Å². The number of nitrogens with zero attached hydrogens (tertiary/aromatic N) is 2. The maximum absolute atomic E-state index is 13.1. The Morgan fingerprint density at radius 2 is 1.24 bits per heavy atom. The minimum atomic E-state index is -1.14. The van der Waals surface area contributed by atoms with Crippen LogP contribution in [0.4, 0.5) is 0 Å². The molecule has 1 fully saturated rings. The summed E-state index contributed by atoms with van der Waals surface area (Å²) in [5, 5.41) is 9.29. The third-order valence-corrected chi connectivity index (χ3v) is 13.7. The second kappa shape index (κ2) is 28.9. The molecule has 6 atom stereocenters. The van der Waals surface area contributed by atoms with Crippen molar-refractivity contribution in [3.63, 3.8) is 0 Å². The summed E-state index contributed by atoms with van der Waals surface area (Å²) < 4.78 is 42.1. The highest BCUT2D eigenvalue weighted by molar-refractivity contribution is 5.89. The zero-order valence-electron chi connectivity index (χ0n) is 42.8. The number of esters is 2. The van der Waals surface area contributed by atoms with Gasteiger partial charge in [0.15, 0.2) is 6.29 Å². The van der Waals surface area contributed by atoms with E-state index < -0.39 is 29.9 Å². The fourth-order valence-electron chi connectivity index (χ4n) is 8.97. The van der Waals surface area contributed by atoms with Gasteiger partial charge in [0.1, 0.15) is 29.8 Å². The van der Waals surface area contributed by atoms with Gasteiger partial charge in [-0.25, -0.2) is 4.79 Å². The highest BCUT2D eigenvalue weighted by Crippen LogP contribution is 2.42. The van der Waals surface area contributed by atoms with Gasteiger partial charge in [-0.1, -0.05) is 106 Å². The molecule has 1 N–H and O–H groups in total. The van der Waals surface area contributed by atoms with Gasteiger partial charge in [0.25, 0.3) is 0 Å². The molecule has 0 saturated carbocycles. The van der Waals surface area contributed by atoms with Crippen LogP contribution in [0.1, 0.15) is 106 Å². The van der Waals surface area contributed by atoms with E-state index in [1.165, 1.54) is 0 Å². The molecule has 0 spiro atoms. The summed E-state index contributed by atoms with van der Waals surface area (Å²) in [7, 11) is 7.06. The van der Waals surface area contributed by atoms with Crippen LogP contribution in [-0.2, 0) is 43.7 Å². The van der Waals surface area contributed by atoms with Gasteiger partial charge in [-0.2, -0.15) is 0 Å². The average Bonchev–Trinajstić information content (AvgIpc) is 3.39. The molecule has 0 bridgehead atoms. The van der Waals surface area contributed by atoms with Gasteiger partial charge >= 0.3 is 17.9 Å². The van der Waals surface area contributed by atoms with E-state index in [1.807, 2.05) is 111 Å². The molecule has 14 nitrogen and oxygen atoms in total. The second-order valence-corrected chi connectivity index (χ2v) is 18.7. The number of aliphatic carboxylic acids is 1. The molecule has 14 heteroatoms. The predicted octanol–water partition coefficient (Wildman–Crippen LogP) is 9.42. The van der Waals surface area contributed by atoms with Crippen LogP contribution in [0.15, 0.2) is 109 Å². The fraction of sp³-hybridized carbons (Fsp3) is 0.509. The summed E-state index contributed by atoms with van der Waals surface area (Å²) in [6.45, 7) is 8.83. The monoisotopic (exact) mass is 981 g/mol. The summed E-state index contributed by atoms with van der Waals surface area (Å²) in [6, 6.07) is 34.2. The number of carboxylic acids is 1. The summed E-state index contributed by atoms with van der Waals surface area (Å²) in [5.41, 5.74) is 1.90. The van der Waals surface area contributed by atoms with Crippen LogP contribution in [0.25, 0.3) is 0 Å². The Balaban J connectivity index is 1.07. The number of benzene rings is 4. The van der Waals surface area contributed by atoms with Crippen molar-refractivity contribution >= 4 is 23.8 Å². The molecule has 0 aliphatic carbocycles. The van der Waals surface area contributed by atoms with Gasteiger partial charge in [-0.05, 0) is 104 Å². The first-order valence-electron chi connectivity index (χ1n) is 25.1. The number of carbonyl (C=O) groups excluding carboxylic acids is 3. The van der Waals surface area contributed by atoms with Crippen molar-refractivity contribution in [2.75, 3.05) is 67.8 Å². The van der Waals surface area contributed by atoms with Crippen molar-refractivity contribution in [2.45, 2.75) is 103 Å². The lowest BCUT2D eigenvalue weighted by Crippen LogP contribution is -2.48. The topological polar surface area (TPSA) is 160 Å². The number of ether oxygens (including phenoxy) is 7. The zero-order chi connectivity index (χ0) is 51.2. The Morgan fingerprint density at radius 3 is 1.83 bits per heavy atom. The van der Waals surface area contributed by atoms with E-state index in [0.717, 1.165) is 55.3 Å². The standard InChI is InChI=1S/C57H76N2O12/c1-41-42(2)51(40-68-55(64)44-20-12-10-13-21-44)71-56(43(41)3)67-37-19-16-24-52(60)59(5)36-18-9-8-17-35-58(4)38-50(70-54(63)34-33-53(61)62)39-69-57(45-22-14-11-15-23-45,46-25-29-48(65-6)30-26-46)47-27-31-49(66-7)32-28-47/h10-15,20-23,25-32,41-43,50-51,56H,8-9,16-19,24,33-40H2,1-7H3,(H,61,62)/t41?,42?,43?,50-,51?,56?/m0/s1. The Kier molecular flexibility index (Phi) is 22.8. The first-order valence-corrected chi connectivity index (χ1v) is 25.1. The molecule has 386 valence electrons. The molecule has 0 aromatic heterocycles. The lowest BCUT2D eigenvalue weighted by molar-refractivity contribution is -0.254. The van der Waals surface area contributed by atoms with E-state index in [2.05, 4.69) is 25.7 Å². The number of rotatable bonds is 30. The van der Waals surface area contributed by atoms with Crippen LogP contribution >= 0.6 is 0 Å². The molecule has 1 aliphatic rings. The Bertz CT molecular complexity index is 2160. The van der Waals surface area contributed by atoms with Gasteiger partial charge in [-0.15, -0.1) is 0 Å². The molecule has 5 rings (SSSR count). The zero-order valence-corrected chi connectivity index (χ0v) is 42.8. The quantitative estimate of drug-likeness (QED) is 0.0299. The van der Waals surface area contributed by atoms with Gasteiger partial charge in [0.2, 0.25) is 5.91 Å². The first kappa shape index (κ1) is 56.1. The molecular weight excluding hydrogens is 905 g/mol. The molecule has 1 aliphatic heterocycles. The second-order valence-electron chi connectivity index (χ2n) is 18.7. The Hall–Kier alpha value is -5.80. The highest BCUT2D eigenvalue weighted by Gasteiger charge is 2.41. The number of hydrogen-bond acceptors (Lipinski definition) is 12. The maximum Gasteiger partial charge on any atom is 0.338 e. The predicted molar refractivity (Wildman–Crippen MR) is 271 cm³/mol. The molecule has 1 heterocycles. The smallest absolute Gasteiger partial charge is 0.338 e. The van der Waals surface area contributed by atoms with E-state index in [-0.39, 0.29) is 55.9 Å². The van der Waals surface area contributed by atoms with E-state index >= 15 is 0 Å². The first-order chi connectivity index (χ1) is 34.2. The summed E-state index contributed by atoms with van der Waals surface area (Å²) in [4.78, 5) is 53.9. The van der Waals surface area contributed by atoms with Crippen LogP contribution in [0.3, 0.4) is 0 Å². The molecular formula is C57H76N2O12. The SMILES string of the molecule is COc1ccc(C(OC[C@H](CN(C)CCCCCCN(C)C(=O)CCCCOC2OC(COC(=O)c3ccccc3)C(C)C(C)C2C)OC(=O)CCC(=O)O)(c2ccccc2)c2ccc(OC)cc2)cc1. The molecule has 1 saturated heterocycles. The minimum Gasteiger partial charge on any atom is -0.497 e. The van der Waals surface area contributed by atoms with Gasteiger partial charge in [0.05, 0.1) is 45.3 Å². The molecule has 5 unspecified atom stereocenters. The van der Waals surface area contributed by atoms with Crippen molar-refractivity contribution in [1.29, 1.82) is 0 Å². The summed E-state index contributed by atoms with van der Waals surface area (Å²) in [5.74, 6) is 0.101. The molecule has 4 aromatic carbocycles. The van der Waals surface area contributed by atoms with Crippen molar-refractivity contribution in [3.05, 3.63) is 131 Å². The third-order valence-electron chi connectivity index (χ3n) is 13.7. The van der Waals surface area contributed by atoms with Crippen LogP contribution in [-0.4, -0.2) is 125 Å². The van der Waals surface area contributed by atoms with Crippen molar-refractivity contribution in [1.82, 2.24) is 9.80 Å². The number of amides is 1. The Labute approximate surface area is 420 Å². The van der Waals surface area contributed by atoms with Gasteiger partial charge < -0.3 is 48.1 Å². The van der Waals surface area contributed by atoms with Crippen molar-refractivity contribution in [3.8, 4) is 11.5 Å².